The summed E-state index contributed by atoms with van der Waals surface area (Å²) in [5.74, 6) is -1.97. The van der Waals surface area contributed by atoms with Crippen molar-refractivity contribution in [1.82, 2.24) is 5.32 Å². The highest BCUT2D eigenvalue weighted by Crippen LogP contribution is 2.28. The van der Waals surface area contributed by atoms with Crippen molar-refractivity contribution >= 4 is 58.2 Å². The van der Waals surface area contributed by atoms with E-state index in [2.05, 4.69) is 5.32 Å². The molecule has 0 aromatic heterocycles. The largest absolute Gasteiger partial charge is 0.502 e. The minimum atomic E-state index is -0.745. The number of nitrogens with zero attached hydrogens (tertiary/aromatic N) is 2. The van der Waals surface area contributed by atoms with Crippen LogP contribution in [0, 0.1) is 10.1 Å². The van der Waals surface area contributed by atoms with E-state index in [1.54, 1.807) is 24.3 Å². The predicted molar refractivity (Wildman–Crippen MR) is 102 cm³/mol. The Hall–Kier alpha value is -3.30. The first-order valence-corrected chi connectivity index (χ1v) is 8.21. The number of hydrogen-bond donors (Lipinski definition) is 2. The lowest BCUT2D eigenvalue weighted by Crippen LogP contribution is -2.54. The SMILES string of the molecule is O=C1NC(=S)N(c2ccc(Cl)cc2)C(=O)/C1=C/c1ccc([N+](=O)[O-])c(O)c1. The van der Waals surface area contributed by atoms with E-state index in [9.17, 15) is 24.8 Å². The lowest BCUT2D eigenvalue weighted by Gasteiger charge is -2.28. The minimum Gasteiger partial charge on any atom is -0.502 e. The van der Waals surface area contributed by atoms with Gasteiger partial charge in [-0.2, -0.15) is 0 Å². The summed E-state index contributed by atoms with van der Waals surface area (Å²) in [5.41, 5.74) is -0.0836. The fraction of sp³-hybridized carbons (Fsp3) is 0. The molecule has 0 spiro atoms. The number of carbonyl (C=O) groups is 2. The van der Waals surface area contributed by atoms with Crippen molar-refractivity contribution in [3.05, 3.63) is 68.7 Å². The number of halogens is 1. The lowest BCUT2D eigenvalue weighted by atomic mass is 10.1. The van der Waals surface area contributed by atoms with Gasteiger partial charge in [0.25, 0.3) is 11.8 Å². The second-order valence-corrected chi connectivity index (χ2v) is 6.26. The van der Waals surface area contributed by atoms with E-state index < -0.39 is 28.2 Å². The summed E-state index contributed by atoms with van der Waals surface area (Å²) >= 11 is 10.9. The zero-order chi connectivity index (χ0) is 19.7. The zero-order valence-corrected chi connectivity index (χ0v) is 15.0. The quantitative estimate of drug-likeness (QED) is 0.268. The maximum atomic E-state index is 12.8. The third-order valence-electron chi connectivity index (χ3n) is 3.69. The van der Waals surface area contributed by atoms with Gasteiger partial charge in [0.15, 0.2) is 10.9 Å². The molecule has 2 amide bonds. The van der Waals surface area contributed by atoms with Gasteiger partial charge in [-0.25, -0.2) is 0 Å². The highest BCUT2D eigenvalue weighted by Gasteiger charge is 2.34. The monoisotopic (exact) mass is 403 g/mol. The fourth-order valence-corrected chi connectivity index (χ4v) is 2.84. The average molecular weight is 404 g/mol. The average Bonchev–Trinajstić information content (AvgIpc) is 2.60. The Morgan fingerprint density at radius 3 is 2.44 bits per heavy atom. The number of thiocarbonyl (C=S) groups is 1. The smallest absolute Gasteiger partial charge is 0.310 e. The number of phenolic OH excluding ortho intramolecular Hbond substituents is 1. The summed E-state index contributed by atoms with van der Waals surface area (Å²) in [7, 11) is 0. The molecule has 27 heavy (non-hydrogen) atoms. The Morgan fingerprint density at radius 1 is 1.19 bits per heavy atom. The zero-order valence-electron chi connectivity index (χ0n) is 13.4. The molecular formula is C17H10ClN3O5S. The summed E-state index contributed by atoms with van der Waals surface area (Å²) in [6.45, 7) is 0. The van der Waals surface area contributed by atoms with Crippen molar-refractivity contribution in [2.75, 3.05) is 4.90 Å². The van der Waals surface area contributed by atoms with Gasteiger partial charge in [0.05, 0.1) is 10.6 Å². The van der Waals surface area contributed by atoms with Gasteiger partial charge < -0.3 is 5.11 Å². The van der Waals surface area contributed by atoms with Crippen LogP contribution in [0.4, 0.5) is 11.4 Å². The minimum absolute atomic E-state index is 0.0870. The molecule has 136 valence electrons. The van der Waals surface area contributed by atoms with Crippen LogP contribution in [0.25, 0.3) is 6.08 Å². The molecule has 1 heterocycles. The molecule has 0 bridgehead atoms. The molecule has 0 aliphatic carbocycles. The van der Waals surface area contributed by atoms with Crippen molar-refractivity contribution in [3.63, 3.8) is 0 Å². The summed E-state index contributed by atoms with van der Waals surface area (Å²) < 4.78 is 0. The van der Waals surface area contributed by atoms with E-state index in [1.165, 1.54) is 12.1 Å². The predicted octanol–water partition coefficient (Wildman–Crippen LogP) is 2.79. The van der Waals surface area contributed by atoms with Crippen molar-refractivity contribution in [2.45, 2.75) is 0 Å². The van der Waals surface area contributed by atoms with Gasteiger partial charge in [0.1, 0.15) is 5.57 Å². The molecule has 1 aliphatic rings. The molecule has 8 nitrogen and oxygen atoms in total. The van der Waals surface area contributed by atoms with Gasteiger partial charge in [0, 0.05) is 11.1 Å². The second-order valence-electron chi connectivity index (χ2n) is 5.44. The van der Waals surface area contributed by atoms with E-state index in [-0.39, 0.29) is 16.2 Å². The van der Waals surface area contributed by atoms with E-state index in [0.717, 1.165) is 17.0 Å². The Bertz CT molecular complexity index is 1020. The van der Waals surface area contributed by atoms with Crippen molar-refractivity contribution < 1.29 is 19.6 Å². The standard InChI is InChI=1S/C17H10ClN3O5S/c18-10-2-4-11(5-3-10)20-16(24)12(15(23)19-17(20)27)7-9-1-6-13(21(25)26)14(22)8-9/h1-8,22H,(H,19,23,27)/b12-7+. The van der Waals surface area contributed by atoms with Crippen molar-refractivity contribution in [3.8, 4) is 5.75 Å². The van der Waals surface area contributed by atoms with Gasteiger partial charge in [-0.3, -0.25) is 29.9 Å². The number of hydrogen-bond acceptors (Lipinski definition) is 6. The number of nitrogens with one attached hydrogen (secondary N) is 1. The van der Waals surface area contributed by atoms with Gasteiger partial charge in [0.2, 0.25) is 0 Å². The van der Waals surface area contributed by atoms with E-state index in [1.807, 2.05) is 0 Å². The molecule has 0 radical (unpaired) electrons. The first-order valence-electron chi connectivity index (χ1n) is 7.42. The van der Waals surface area contributed by atoms with E-state index >= 15 is 0 Å². The highest BCUT2D eigenvalue weighted by atomic mass is 35.5. The maximum Gasteiger partial charge on any atom is 0.310 e. The Morgan fingerprint density at radius 2 is 1.85 bits per heavy atom. The second kappa shape index (κ2) is 7.14. The number of benzene rings is 2. The Labute approximate surface area is 162 Å². The molecule has 0 atom stereocenters. The van der Waals surface area contributed by atoms with Crippen LogP contribution in [0.15, 0.2) is 48.0 Å². The number of amides is 2. The first kappa shape index (κ1) is 18.5. The molecule has 0 unspecified atom stereocenters. The van der Waals surface area contributed by atoms with E-state index in [0.29, 0.717) is 10.7 Å². The van der Waals surface area contributed by atoms with Gasteiger partial charge in [-0.1, -0.05) is 11.6 Å². The molecule has 1 saturated heterocycles. The van der Waals surface area contributed by atoms with Crippen LogP contribution in [0.5, 0.6) is 5.75 Å². The number of rotatable bonds is 3. The summed E-state index contributed by atoms with van der Waals surface area (Å²) in [5, 5.41) is 23.3. The molecule has 2 N–H and O–H groups in total. The molecule has 2 aromatic carbocycles. The van der Waals surface area contributed by atoms with Crippen LogP contribution >= 0.6 is 23.8 Å². The third-order valence-corrected chi connectivity index (χ3v) is 4.23. The summed E-state index contributed by atoms with van der Waals surface area (Å²) in [6, 6.07) is 9.76. The number of nitro groups is 1. The van der Waals surface area contributed by atoms with Gasteiger partial charge >= 0.3 is 5.69 Å². The van der Waals surface area contributed by atoms with Crippen LogP contribution in [-0.2, 0) is 9.59 Å². The van der Waals surface area contributed by atoms with Crippen molar-refractivity contribution in [1.29, 1.82) is 0 Å². The normalized spacial score (nSPS) is 15.8. The van der Waals surface area contributed by atoms with Gasteiger partial charge in [-0.05, 0) is 60.3 Å². The molecule has 0 saturated carbocycles. The highest BCUT2D eigenvalue weighted by molar-refractivity contribution is 7.80. The topological polar surface area (TPSA) is 113 Å². The third kappa shape index (κ3) is 3.64. The van der Waals surface area contributed by atoms with Crippen LogP contribution in [0.1, 0.15) is 5.56 Å². The van der Waals surface area contributed by atoms with Crippen LogP contribution < -0.4 is 10.2 Å². The molecule has 10 heteroatoms. The fourth-order valence-electron chi connectivity index (χ4n) is 2.43. The molecule has 2 aromatic rings. The van der Waals surface area contributed by atoms with Crippen molar-refractivity contribution in [2.24, 2.45) is 0 Å². The number of carbonyl (C=O) groups excluding carboxylic acids is 2. The molecule has 1 fully saturated rings. The van der Waals surface area contributed by atoms with Crippen LogP contribution in [0.3, 0.4) is 0 Å². The summed E-state index contributed by atoms with van der Waals surface area (Å²) in [4.78, 5) is 36.2. The van der Waals surface area contributed by atoms with Gasteiger partial charge in [-0.15, -0.1) is 0 Å². The number of nitro benzene ring substituents is 1. The lowest BCUT2D eigenvalue weighted by molar-refractivity contribution is -0.385. The molecule has 1 aliphatic heterocycles. The number of phenols is 1. The maximum absolute atomic E-state index is 12.8. The Kier molecular flexibility index (Phi) is 4.89. The number of anilines is 1. The van der Waals surface area contributed by atoms with Crippen LogP contribution in [-0.4, -0.2) is 27.0 Å². The first-order chi connectivity index (χ1) is 12.8. The molecule has 3 rings (SSSR count). The number of aromatic hydroxyl groups is 1. The molecular weight excluding hydrogens is 394 g/mol. The van der Waals surface area contributed by atoms with E-state index in [4.69, 9.17) is 23.8 Å². The Balaban J connectivity index is 2.00. The van der Waals surface area contributed by atoms with Crippen LogP contribution in [0.2, 0.25) is 5.02 Å². The summed E-state index contributed by atoms with van der Waals surface area (Å²) in [6.07, 6.45) is 1.21.